The van der Waals surface area contributed by atoms with Crippen LogP contribution in [-0.4, -0.2) is 19.0 Å². The fourth-order valence-electron chi connectivity index (χ4n) is 3.46. The molecule has 2 unspecified atom stereocenters. The molecular formula is C20H23ClN2O. The fourth-order valence-corrected chi connectivity index (χ4v) is 3.59. The van der Waals surface area contributed by atoms with E-state index in [4.69, 9.17) is 17.3 Å². The van der Waals surface area contributed by atoms with E-state index in [9.17, 15) is 4.79 Å². The van der Waals surface area contributed by atoms with Crippen molar-refractivity contribution >= 4 is 17.5 Å². The summed E-state index contributed by atoms with van der Waals surface area (Å²) in [5.41, 5.74) is 9.01. The number of nitrogens with two attached hydrogens (primary N) is 1. The lowest BCUT2D eigenvalue weighted by Gasteiger charge is -2.24. The topological polar surface area (TPSA) is 55.1 Å². The molecule has 0 aliphatic carbocycles. The zero-order chi connectivity index (χ0) is 16.9. The SMILES string of the molecule is NC(=O)CC(c1ccc(Cl)cc1)c1ccc(C2CCCNC2)cc1. The molecule has 1 aliphatic rings. The van der Waals surface area contributed by atoms with Crippen LogP contribution in [0.1, 0.15) is 47.8 Å². The molecule has 1 amide bonds. The van der Waals surface area contributed by atoms with Gasteiger partial charge in [0.1, 0.15) is 0 Å². The number of benzene rings is 2. The largest absolute Gasteiger partial charge is 0.370 e. The van der Waals surface area contributed by atoms with Gasteiger partial charge in [-0.15, -0.1) is 0 Å². The van der Waals surface area contributed by atoms with Crippen LogP contribution >= 0.6 is 11.6 Å². The Bertz CT molecular complexity index is 676. The third-order valence-electron chi connectivity index (χ3n) is 4.78. The van der Waals surface area contributed by atoms with Crippen LogP contribution in [0, 0.1) is 0 Å². The van der Waals surface area contributed by atoms with Crippen molar-refractivity contribution in [2.45, 2.75) is 31.1 Å². The highest BCUT2D eigenvalue weighted by Crippen LogP contribution is 2.31. The molecule has 1 aliphatic heterocycles. The van der Waals surface area contributed by atoms with Gasteiger partial charge in [0.05, 0.1) is 0 Å². The Labute approximate surface area is 148 Å². The molecule has 3 nitrogen and oxygen atoms in total. The van der Waals surface area contributed by atoms with Crippen LogP contribution in [0.3, 0.4) is 0 Å². The lowest BCUT2D eigenvalue weighted by atomic mass is 9.85. The monoisotopic (exact) mass is 342 g/mol. The van der Waals surface area contributed by atoms with Crippen LogP contribution in [0.2, 0.25) is 5.02 Å². The van der Waals surface area contributed by atoms with E-state index in [-0.39, 0.29) is 11.8 Å². The zero-order valence-corrected chi connectivity index (χ0v) is 14.4. The molecule has 3 N–H and O–H groups in total. The molecule has 0 aromatic heterocycles. The minimum absolute atomic E-state index is 0.0294. The number of nitrogens with one attached hydrogen (secondary N) is 1. The van der Waals surface area contributed by atoms with Gasteiger partial charge in [-0.2, -0.15) is 0 Å². The van der Waals surface area contributed by atoms with E-state index in [1.54, 1.807) is 0 Å². The Hall–Kier alpha value is -1.84. The number of carbonyl (C=O) groups excluding carboxylic acids is 1. The van der Waals surface area contributed by atoms with Crippen molar-refractivity contribution < 1.29 is 4.79 Å². The van der Waals surface area contributed by atoms with Crippen molar-refractivity contribution in [1.82, 2.24) is 5.32 Å². The van der Waals surface area contributed by atoms with Gasteiger partial charge in [-0.3, -0.25) is 4.79 Å². The van der Waals surface area contributed by atoms with Gasteiger partial charge in [0, 0.05) is 23.9 Å². The van der Waals surface area contributed by atoms with Gasteiger partial charge in [0.25, 0.3) is 0 Å². The average molecular weight is 343 g/mol. The Morgan fingerprint density at radius 1 is 1.12 bits per heavy atom. The van der Waals surface area contributed by atoms with Crippen LogP contribution < -0.4 is 11.1 Å². The van der Waals surface area contributed by atoms with Gasteiger partial charge in [0.2, 0.25) is 5.91 Å². The normalized spacial score (nSPS) is 19.0. The second-order valence-electron chi connectivity index (χ2n) is 6.48. The second-order valence-corrected chi connectivity index (χ2v) is 6.92. The molecule has 2 aromatic rings. The Morgan fingerprint density at radius 3 is 2.29 bits per heavy atom. The molecule has 0 radical (unpaired) electrons. The minimum atomic E-state index is -0.296. The highest BCUT2D eigenvalue weighted by molar-refractivity contribution is 6.30. The van der Waals surface area contributed by atoms with Crippen molar-refractivity contribution in [2.24, 2.45) is 5.73 Å². The Balaban J connectivity index is 1.84. The van der Waals surface area contributed by atoms with Crippen LogP contribution in [0.15, 0.2) is 48.5 Å². The molecule has 0 bridgehead atoms. The molecule has 1 fully saturated rings. The first kappa shape index (κ1) is 17.0. The maximum absolute atomic E-state index is 11.5. The lowest BCUT2D eigenvalue weighted by Crippen LogP contribution is -2.28. The molecular weight excluding hydrogens is 320 g/mol. The quantitative estimate of drug-likeness (QED) is 0.868. The summed E-state index contributed by atoms with van der Waals surface area (Å²) < 4.78 is 0. The molecule has 1 saturated heterocycles. The van der Waals surface area contributed by atoms with Crippen molar-refractivity contribution in [3.8, 4) is 0 Å². The molecule has 1 heterocycles. The predicted octanol–water partition coefficient (Wildman–Crippen LogP) is 3.81. The molecule has 0 spiro atoms. The lowest BCUT2D eigenvalue weighted by molar-refractivity contribution is -0.118. The summed E-state index contributed by atoms with van der Waals surface area (Å²) in [4.78, 5) is 11.5. The Kier molecular flexibility index (Phi) is 5.54. The fraction of sp³-hybridized carbons (Fsp3) is 0.350. The molecule has 24 heavy (non-hydrogen) atoms. The number of rotatable bonds is 5. The van der Waals surface area contributed by atoms with E-state index < -0.39 is 0 Å². The highest BCUT2D eigenvalue weighted by atomic mass is 35.5. The number of hydrogen-bond acceptors (Lipinski definition) is 2. The van der Waals surface area contributed by atoms with E-state index in [0.717, 1.165) is 24.2 Å². The summed E-state index contributed by atoms with van der Waals surface area (Å²) in [5.74, 6) is 0.256. The second kappa shape index (κ2) is 7.82. The zero-order valence-electron chi connectivity index (χ0n) is 13.7. The number of piperidine rings is 1. The highest BCUT2D eigenvalue weighted by Gasteiger charge is 2.19. The van der Waals surface area contributed by atoms with Crippen LogP contribution in [0.4, 0.5) is 0 Å². The maximum Gasteiger partial charge on any atom is 0.218 e. The number of halogens is 1. The smallest absolute Gasteiger partial charge is 0.218 e. The minimum Gasteiger partial charge on any atom is -0.370 e. The van der Waals surface area contributed by atoms with Gasteiger partial charge in [-0.25, -0.2) is 0 Å². The van der Waals surface area contributed by atoms with E-state index >= 15 is 0 Å². The van der Waals surface area contributed by atoms with E-state index in [2.05, 4.69) is 29.6 Å². The molecule has 2 atom stereocenters. The van der Waals surface area contributed by atoms with Crippen molar-refractivity contribution in [1.29, 1.82) is 0 Å². The summed E-state index contributed by atoms with van der Waals surface area (Å²) >= 11 is 5.98. The van der Waals surface area contributed by atoms with Crippen LogP contribution in [-0.2, 0) is 4.79 Å². The van der Waals surface area contributed by atoms with E-state index in [0.29, 0.717) is 17.4 Å². The van der Waals surface area contributed by atoms with Crippen molar-refractivity contribution in [3.05, 3.63) is 70.2 Å². The molecule has 0 saturated carbocycles. The van der Waals surface area contributed by atoms with Gasteiger partial charge < -0.3 is 11.1 Å². The molecule has 4 heteroatoms. The number of amides is 1. The maximum atomic E-state index is 11.5. The molecule has 126 valence electrons. The molecule has 2 aromatic carbocycles. The van der Waals surface area contributed by atoms with Gasteiger partial charge in [-0.05, 0) is 54.1 Å². The summed E-state index contributed by atoms with van der Waals surface area (Å²) in [6.07, 6.45) is 2.75. The van der Waals surface area contributed by atoms with Crippen molar-refractivity contribution in [2.75, 3.05) is 13.1 Å². The molecule has 3 rings (SSSR count). The van der Waals surface area contributed by atoms with Gasteiger partial charge in [0.15, 0.2) is 0 Å². The standard InChI is InChI=1S/C20H23ClN2O/c21-18-9-7-16(8-10-18)19(12-20(22)24)15-5-3-14(4-6-15)17-2-1-11-23-13-17/h3-10,17,19,23H,1-2,11-13H2,(H2,22,24). The van der Waals surface area contributed by atoms with E-state index in [1.165, 1.54) is 18.4 Å². The third-order valence-corrected chi connectivity index (χ3v) is 5.04. The third kappa shape index (κ3) is 4.16. The summed E-state index contributed by atoms with van der Waals surface area (Å²) in [7, 11) is 0. The average Bonchev–Trinajstić information content (AvgIpc) is 2.61. The first-order valence-electron chi connectivity index (χ1n) is 8.48. The van der Waals surface area contributed by atoms with E-state index in [1.807, 2.05) is 24.3 Å². The first-order chi connectivity index (χ1) is 11.6. The number of carbonyl (C=O) groups is 1. The van der Waals surface area contributed by atoms with Crippen LogP contribution in [0.5, 0.6) is 0 Å². The number of hydrogen-bond donors (Lipinski definition) is 2. The first-order valence-corrected chi connectivity index (χ1v) is 8.85. The summed E-state index contributed by atoms with van der Waals surface area (Å²) in [6, 6.07) is 16.3. The predicted molar refractivity (Wildman–Crippen MR) is 98.4 cm³/mol. The van der Waals surface area contributed by atoms with Gasteiger partial charge in [-0.1, -0.05) is 48.0 Å². The summed E-state index contributed by atoms with van der Waals surface area (Å²) in [5, 5.41) is 4.15. The van der Waals surface area contributed by atoms with Gasteiger partial charge >= 0.3 is 0 Å². The van der Waals surface area contributed by atoms with Crippen molar-refractivity contribution in [3.63, 3.8) is 0 Å². The summed E-state index contributed by atoms with van der Waals surface area (Å²) in [6.45, 7) is 2.16. The number of primary amides is 1. The van der Waals surface area contributed by atoms with Crippen LogP contribution in [0.25, 0.3) is 0 Å². The Morgan fingerprint density at radius 2 is 1.75 bits per heavy atom.